The van der Waals surface area contributed by atoms with Gasteiger partial charge in [-0.1, -0.05) is 0 Å². The number of fused-ring (bicyclic) bond motifs is 1. The molecule has 0 aliphatic carbocycles. The molecule has 0 aliphatic rings. The van der Waals surface area contributed by atoms with Crippen molar-refractivity contribution in [2.75, 3.05) is 17.2 Å². The van der Waals surface area contributed by atoms with Crippen LogP contribution in [0.5, 0.6) is 0 Å². The number of anilines is 2. The molecule has 1 heterocycles. The molecule has 6 nitrogen and oxygen atoms in total. The number of thiocarbonyl (C=S) groups is 1. The van der Waals surface area contributed by atoms with Crippen molar-refractivity contribution in [3.63, 3.8) is 0 Å². The topological polar surface area (TPSA) is 79.0 Å². The van der Waals surface area contributed by atoms with Gasteiger partial charge in [0.2, 0.25) is 0 Å². The summed E-state index contributed by atoms with van der Waals surface area (Å²) in [6, 6.07) is 12.8. The van der Waals surface area contributed by atoms with Crippen molar-refractivity contribution in [3.05, 3.63) is 54.2 Å². The Morgan fingerprint density at radius 1 is 1.17 bits per heavy atom. The maximum Gasteiger partial charge on any atom is 0.338 e. The summed E-state index contributed by atoms with van der Waals surface area (Å²) in [5.41, 5.74) is 3.07. The average Bonchev–Trinajstić information content (AvgIpc) is 3.03. The molecule has 24 heavy (non-hydrogen) atoms. The summed E-state index contributed by atoms with van der Waals surface area (Å²) in [4.78, 5) is 11.6. The van der Waals surface area contributed by atoms with Crippen LogP contribution >= 0.6 is 12.2 Å². The van der Waals surface area contributed by atoms with Gasteiger partial charge in [0, 0.05) is 16.8 Å². The maximum atomic E-state index is 11.6. The standard InChI is InChI=1S/C17H16N4O2S/c1-2-23-16(22)11-3-6-13(7-4-11)19-17(24)20-14-8-5-12-10-18-21-15(12)9-14/h3-10H,2H2,1H3,(H,18,21)(H2,19,20,24). The van der Waals surface area contributed by atoms with Gasteiger partial charge in [-0.2, -0.15) is 5.10 Å². The molecule has 0 amide bonds. The van der Waals surface area contributed by atoms with Crippen LogP contribution in [0.25, 0.3) is 10.9 Å². The Hall–Kier alpha value is -2.93. The highest BCUT2D eigenvalue weighted by Crippen LogP contribution is 2.17. The van der Waals surface area contributed by atoms with E-state index in [1.165, 1.54) is 0 Å². The van der Waals surface area contributed by atoms with Crippen LogP contribution in [0.3, 0.4) is 0 Å². The quantitative estimate of drug-likeness (QED) is 0.498. The van der Waals surface area contributed by atoms with Crippen LogP contribution in [0.1, 0.15) is 17.3 Å². The third-order valence-electron chi connectivity index (χ3n) is 3.35. The molecule has 0 radical (unpaired) electrons. The number of nitrogens with one attached hydrogen (secondary N) is 3. The van der Waals surface area contributed by atoms with E-state index in [2.05, 4.69) is 20.8 Å². The van der Waals surface area contributed by atoms with Gasteiger partial charge >= 0.3 is 5.97 Å². The Kier molecular flexibility index (Phi) is 4.72. The van der Waals surface area contributed by atoms with Crippen molar-refractivity contribution < 1.29 is 9.53 Å². The molecular formula is C17H16N4O2S. The second-order valence-corrected chi connectivity index (χ2v) is 5.46. The van der Waals surface area contributed by atoms with E-state index in [0.717, 1.165) is 22.3 Å². The highest BCUT2D eigenvalue weighted by atomic mass is 32.1. The fourth-order valence-corrected chi connectivity index (χ4v) is 2.45. The van der Waals surface area contributed by atoms with Gasteiger partial charge in [0.15, 0.2) is 5.11 Å². The zero-order chi connectivity index (χ0) is 16.9. The van der Waals surface area contributed by atoms with Gasteiger partial charge in [0.25, 0.3) is 0 Å². The van der Waals surface area contributed by atoms with Crippen LogP contribution in [0.2, 0.25) is 0 Å². The number of H-pyrrole nitrogens is 1. The SMILES string of the molecule is CCOC(=O)c1ccc(NC(=S)Nc2ccc3cn[nH]c3c2)cc1. The molecule has 0 saturated heterocycles. The van der Waals surface area contributed by atoms with E-state index in [1.807, 2.05) is 18.2 Å². The number of hydrogen-bond acceptors (Lipinski definition) is 4. The summed E-state index contributed by atoms with van der Waals surface area (Å²) in [7, 11) is 0. The van der Waals surface area contributed by atoms with Crippen LogP contribution in [0.4, 0.5) is 11.4 Å². The molecule has 0 atom stereocenters. The lowest BCUT2D eigenvalue weighted by Crippen LogP contribution is -2.19. The molecule has 122 valence electrons. The number of benzene rings is 2. The van der Waals surface area contributed by atoms with Gasteiger partial charge in [0.05, 0.1) is 23.9 Å². The molecule has 3 rings (SSSR count). The first-order valence-corrected chi connectivity index (χ1v) is 7.85. The number of esters is 1. The Bertz CT molecular complexity index is 874. The molecule has 0 saturated carbocycles. The molecule has 2 aromatic carbocycles. The highest BCUT2D eigenvalue weighted by Gasteiger charge is 2.06. The molecule has 7 heteroatoms. The first kappa shape index (κ1) is 15.9. The number of aromatic amines is 1. The molecule has 3 N–H and O–H groups in total. The molecule has 0 bridgehead atoms. The Labute approximate surface area is 144 Å². The van der Waals surface area contributed by atoms with Gasteiger partial charge in [-0.15, -0.1) is 0 Å². The van der Waals surface area contributed by atoms with E-state index in [4.69, 9.17) is 17.0 Å². The zero-order valence-corrected chi connectivity index (χ0v) is 13.8. The number of ether oxygens (including phenoxy) is 1. The minimum atomic E-state index is -0.336. The lowest BCUT2D eigenvalue weighted by Gasteiger charge is -2.11. The Balaban J connectivity index is 1.62. The van der Waals surface area contributed by atoms with Crippen molar-refractivity contribution in [2.45, 2.75) is 6.92 Å². The lowest BCUT2D eigenvalue weighted by atomic mass is 10.2. The van der Waals surface area contributed by atoms with Crippen molar-refractivity contribution in [2.24, 2.45) is 0 Å². The minimum absolute atomic E-state index is 0.336. The molecule has 0 spiro atoms. The summed E-state index contributed by atoms with van der Waals surface area (Å²) in [5.74, 6) is -0.336. The van der Waals surface area contributed by atoms with E-state index in [0.29, 0.717) is 17.3 Å². The molecule has 0 fully saturated rings. The number of carbonyl (C=O) groups is 1. The molecular weight excluding hydrogens is 324 g/mol. The fourth-order valence-electron chi connectivity index (χ4n) is 2.21. The van der Waals surface area contributed by atoms with Gasteiger partial charge in [0.1, 0.15) is 0 Å². The largest absolute Gasteiger partial charge is 0.462 e. The summed E-state index contributed by atoms with van der Waals surface area (Å²) in [6.07, 6.45) is 1.76. The molecule has 3 aromatic rings. The van der Waals surface area contributed by atoms with Gasteiger partial charge in [-0.05, 0) is 61.6 Å². The minimum Gasteiger partial charge on any atom is -0.462 e. The number of hydrogen-bond donors (Lipinski definition) is 3. The summed E-state index contributed by atoms with van der Waals surface area (Å²) < 4.78 is 4.95. The summed E-state index contributed by atoms with van der Waals surface area (Å²) >= 11 is 5.31. The van der Waals surface area contributed by atoms with E-state index < -0.39 is 0 Å². The van der Waals surface area contributed by atoms with E-state index in [9.17, 15) is 4.79 Å². The van der Waals surface area contributed by atoms with Crippen LogP contribution < -0.4 is 10.6 Å². The first-order chi connectivity index (χ1) is 11.7. The molecule has 0 unspecified atom stereocenters. The van der Waals surface area contributed by atoms with E-state index >= 15 is 0 Å². The Morgan fingerprint density at radius 3 is 2.62 bits per heavy atom. The zero-order valence-electron chi connectivity index (χ0n) is 13.0. The lowest BCUT2D eigenvalue weighted by molar-refractivity contribution is 0.0526. The van der Waals surface area contributed by atoms with Crippen molar-refractivity contribution >= 4 is 45.6 Å². The van der Waals surface area contributed by atoms with Crippen LogP contribution in [-0.2, 0) is 4.74 Å². The number of nitrogens with zero attached hydrogens (tertiary/aromatic N) is 1. The number of rotatable bonds is 4. The van der Waals surface area contributed by atoms with Crippen LogP contribution in [0.15, 0.2) is 48.7 Å². The first-order valence-electron chi connectivity index (χ1n) is 7.44. The molecule has 1 aromatic heterocycles. The third kappa shape index (κ3) is 3.69. The van der Waals surface area contributed by atoms with Gasteiger partial charge in [-0.25, -0.2) is 4.79 Å². The monoisotopic (exact) mass is 340 g/mol. The predicted octanol–water partition coefficient (Wildman–Crippen LogP) is 3.55. The fraction of sp³-hybridized carbons (Fsp3) is 0.118. The van der Waals surface area contributed by atoms with E-state index in [1.54, 1.807) is 37.4 Å². The predicted molar refractivity (Wildman–Crippen MR) is 98.3 cm³/mol. The smallest absolute Gasteiger partial charge is 0.338 e. The highest BCUT2D eigenvalue weighted by molar-refractivity contribution is 7.80. The second kappa shape index (κ2) is 7.10. The average molecular weight is 340 g/mol. The second-order valence-electron chi connectivity index (χ2n) is 5.05. The van der Waals surface area contributed by atoms with Gasteiger partial charge < -0.3 is 15.4 Å². The van der Waals surface area contributed by atoms with Gasteiger partial charge in [-0.3, -0.25) is 5.10 Å². The Morgan fingerprint density at radius 2 is 1.88 bits per heavy atom. The normalized spacial score (nSPS) is 10.4. The summed E-state index contributed by atoms with van der Waals surface area (Å²) in [5, 5.41) is 14.6. The maximum absolute atomic E-state index is 11.6. The van der Waals surface area contributed by atoms with E-state index in [-0.39, 0.29) is 5.97 Å². The number of carbonyl (C=O) groups excluding carboxylic acids is 1. The van der Waals surface area contributed by atoms with Crippen molar-refractivity contribution in [3.8, 4) is 0 Å². The van der Waals surface area contributed by atoms with Crippen LogP contribution in [-0.4, -0.2) is 27.9 Å². The third-order valence-corrected chi connectivity index (χ3v) is 3.56. The van der Waals surface area contributed by atoms with Crippen LogP contribution in [0, 0.1) is 0 Å². The van der Waals surface area contributed by atoms with Crippen molar-refractivity contribution in [1.29, 1.82) is 0 Å². The van der Waals surface area contributed by atoms with Crippen molar-refractivity contribution in [1.82, 2.24) is 10.2 Å². The number of aromatic nitrogens is 2. The molecule has 0 aliphatic heterocycles. The summed E-state index contributed by atoms with van der Waals surface area (Å²) in [6.45, 7) is 2.13.